The molecule has 2 unspecified atom stereocenters. The minimum absolute atomic E-state index is 0.169. The van der Waals surface area contributed by atoms with Gasteiger partial charge in [0.25, 0.3) is 0 Å². The van der Waals surface area contributed by atoms with E-state index in [0.717, 1.165) is 11.4 Å². The summed E-state index contributed by atoms with van der Waals surface area (Å²) < 4.78 is 13.0. The number of anilines is 1. The SMILES string of the molecule is COc1cc(Oc2ccccc2)ccc1-n1ncc(C(=O)C2=CC3C(=CC=CC3C)N2)c1N. The topological polar surface area (TPSA) is 91.4 Å². The molecule has 2 atom stereocenters. The molecule has 0 bridgehead atoms. The van der Waals surface area contributed by atoms with Crippen LogP contribution in [0.15, 0.2) is 90.4 Å². The number of aromatic nitrogens is 2. The smallest absolute Gasteiger partial charge is 0.214 e. The molecule has 7 nitrogen and oxygen atoms in total. The Hall–Kier alpha value is -4.26. The number of nitrogens with one attached hydrogen (secondary N) is 1. The average molecular weight is 441 g/mol. The third-order valence-electron chi connectivity index (χ3n) is 5.90. The van der Waals surface area contributed by atoms with Crippen molar-refractivity contribution in [2.75, 3.05) is 12.8 Å². The second-order valence-corrected chi connectivity index (χ2v) is 8.03. The van der Waals surface area contributed by atoms with Gasteiger partial charge in [0, 0.05) is 17.7 Å². The summed E-state index contributed by atoms with van der Waals surface area (Å²) in [6.07, 6.45) is 9.60. The summed E-state index contributed by atoms with van der Waals surface area (Å²) >= 11 is 0. The van der Waals surface area contributed by atoms with Crippen molar-refractivity contribution >= 4 is 11.6 Å². The quantitative estimate of drug-likeness (QED) is 0.543. The van der Waals surface area contributed by atoms with Crippen molar-refractivity contribution < 1.29 is 14.3 Å². The number of nitrogens with zero attached hydrogens (tertiary/aromatic N) is 2. The lowest BCUT2D eigenvalue weighted by atomic mass is 9.88. The normalized spacial score (nSPS) is 18.7. The molecule has 3 N–H and O–H groups in total. The van der Waals surface area contributed by atoms with Gasteiger partial charge in [0.05, 0.1) is 24.6 Å². The number of benzene rings is 2. The molecule has 0 saturated heterocycles. The molecule has 1 aromatic heterocycles. The molecule has 0 radical (unpaired) electrons. The Labute approximate surface area is 191 Å². The van der Waals surface area contributed by atoms with Crippen molar-refractivity contribution in [1.29, 1.82) is 0 Å². The Morgan fingerprint density at radius 1 is 1.15 bits per heavy atom. The van der Waals surface area contributed by atoms with Crippen molar-refractivity contribution in [3.8, 4) is 22.9 Å². The van der Waals surface area contributed by atoms with Crippen LogP contribution in [0.5, 0.6) is 17.2 Å². The number of para-hydroxylation sites is 1. The van der Waals surface area contributed by atoms with Gasteiger partial charge in [-0.3, -0.25) is 4.79 Å². The van der Waals surface area contributed by atoms with E-state index in [1.165, 1.54) is 10.9 Å². The van der Waals surface area contributed by atoms with E-state index >= 15 is 0 Å². The Kier molecular flexibility index (Phi) is 5.22. The fraction of sp³-hybridized carbons (Fsp3) is 0.154. The summed E-state index contributed by atoms with van der Waals surface area (Å²) in [7, 11) is 1.56. The minimum Gasteiger partial charge on any atom is -0.494 e. The van der Waals surface area contributed by atoms with Crippen LogP contribution in [0.3, 0.4) is 0 Å². The maximum absolute atomic E-state index is 13.2. The summed E-state index contributed by atoms with van der Waals surface area (Å²) in [6.45, 7) is 2.13. The molecule has 1 aliphatic carbocycles. The monoisotopic (exact) mass is 440 g/mol. The molecule has 166 valence electrons. The molecule has 0 fully saturated rings. The Morgan fingerprint density at radius 3 is 2.73 bits per heavy atom. The van der Waals surface area contributed by atoms with Gasteiger partial charge in [-0.25, -0.2) is 4.68 Å². The number of rotatable bonds is 6. The largest absolute Gasteiger partial charge is 0.494 e. The van der Waals surface area contributed by atoms with Crippen molar-refractivity contribution in [2.24, 2.45) is 11.8 Å². The fourth-order valence-corrected chi connectivity index (χ4v) is 4.12. The second-order valence-electron chi connectivity index (χ2n) is 8.03. The third-order valence-corrected chi connectivity index (χ3v) is 5.90. The Balaban J connectivity index is 1.42. The molecule has 2 heterocycles. The number of methoxy groups -OCH3 is 1. The number of ether oxygens (including phenoxy) is 2. The van der Waals surface area contributed by atoms with Crippen molar-refractivity contribution in [3.05, 3.63) is 96.0 Å². The number of hydrogen-bond donors (Lipinski definition) is 2. The van der Waals surface area contributed by atoms with E-state index in [9.17, 15) is 4.79 Å². The number of nitrogen functional groups attached to an aromatic ring is 1. The van der Waals surface area contributed by atoms with E-state index in [-0.39, 0.29) is 17.5 Å². The van der Waals surface area contributed by atoms with Gasteiger partial charge in [-0.2, -0.15) is 5.10 Å². The first-order valence-corrected chi connectivity index (χ1v) is 10.7. The van der Waals surface area contributed by atoms with Crippen LogP contribution in [-0.4, -0.2) is 22.7 Å². The number of ketones is 1. The first-order chi connectivity index (χ1) is 16.0. The van der Waals surface area contributed by atoms with Crippen LogP contribution in [-0.2, 0) is 0 Å². The van der Waals surface area contributed by atoms with Crippen LogP contribution in [0.25, 0.3) is 5.69 Å². The van der Waals surface area contributed by atoms with Gasteiger partial charge in [-0.05, 0) is 42.3 Å². The van der Waals surface area contributed by atoms with Crippen LogP contribution in [0, 0.1) is 11.8 Å². The maximum atomic E-state index is 13.2. The molecule has 7 heteroatoms. The minimum atomic E-state index is -0.191. The molecule has 0 spiro atoms. The van der Waals surface area contributed by atoms with E-state index in [1.54, 1.807) is 25.3 Å². The van der Waals surface area contributed by atoms with Crippen molar-refractivity contribution in [3.63, 3.8) is 0 Å². The number of carbonyl (C=O) groups excluding carboxylic acids is 1. The lowest BCUT2D eigenvalue weighted by molar-refractivity contribution is 0.103. The highest BCUT2D eigenvalue weighted by molar-refractivity contribution is 6.11. The predicted molar refractivity (Wildman–Crippen MR) is 126 cm³/mol. The van der Waals surface area contributed by atoms with Crippen molar-refractivity contribution in [1.82, 2.24) is 15.1 Å². The lowest BCUT2D eigenvalue weighted by Crippen LogP contribution is -2.19. The van der Waals surface area contributed by atoms with Crippen LogP contribution in [0.2, 0.25) is 0 Å². The zero-order valence-electron chi connectivity index (χ0n) is 18.4. The number of allylic oxidation sites excluding steroid dienone is 5. The summed E-state index contributed by atoms with van der Waals surface area (Å²) in [4.78, 5) is 13.2. The standard InChI is InChI=1S/C26H24N4O3/c1-16-7-6-10-21-19(16)14-22(29-21)25(31)20-15-28-30(26(20)27)23-12-11-18(13-24(23)32-2)33-17-8-4-3-5-9-17/h3-16,19,29H,27H2,1-2H3. The van der Waals surface area contributed by atoms with Gasteiger partial charge in [0.1, 0.15) is 28.8 Å². The highest BCUT2D eigenvalue weighted by Gasteiger charge is 2.31. The molecule has 0 saturated carbocycles. The maximum Gasteiger partial charge on any atom is 0.214 e. The molecule has 2 aliphatic rings. The molecule has 1 aliphatic heterocycles. The number of hydrogen-bond acceptors (Lipinski definition) is 6. The second kappa shape index (κ2) is 8.35. The van der Waals surface area contributed by atoms with Gasteiger partial charge in [-0.15, -0.1) is 0 Å². The van der Waals surface area contributed by atoms with E-state index < -0.39 is 0 Å². The Bertz CT molecular complexity index is 1300. The zero-order valence-corrected chi connectivity index (χ0v) is 18.4. The predicted octanol–water partition coefficient (Wildman–Crippen LogP) is 4.63. The van der Waals surface area contributed by atoms with Gasteiger partial charge < -0.3 is 20.5 Å². The van der Waals surface area contributed by atoms with Crippen LogP contribution >= 0.6 is 0 Å². The summed E-state index contributed by atoms with van der Waals surface area (Å²) in [5.41, 5.74) is 8.86. The van der Waals surface area contributed by atoms with Gasteiger partial charge in [0.15, 0.2) is 0 Å². The molecule has 33 heavy (non-hydrogen) atoms. The molecule has 5 rings (SSSR count). The van der Waals surface area contributed by atoms with Gasteiger partial charge >= 0.3 is 0 Å². The number of nitrogens with two attached hydrogens (primary N) is 1. The van der Waals surface area contributed by atoms with E-state index in [4.69, 9.17) is 15.2 Å². The first-order valence-electron chi connectivity index (χ1n) is 10.7. The summed E-state index contributed by atoms with van der Waals surface area (Å²) in [5.74, 6) is 2.40. The number of Topliss-reactive ketones (excluding diaryl/α,β-unsaturated/α-hetero) is 1. The van der Waals surface area contributed by atoms with E-state index in [2.05, 4.69) is 23.4 Å². The molecule has 3 aromatic rings. The number of fused-ring (bicyclic) bond motifs is 1. The van der Waals surface area contributed by atoms with E-state index in [0.29, 0.717) is 34.4 Å². The van der Waals surface area contributed by atoms with Crippen molar-refractivity contribution in [2.45, 2.75) is 6.92 Å². The lowest BCUT2D eigenvalue weighted by Gasteiger charge is -2.18. The summed E-state index contributed by atoms with van der Waals surface area (Å²) in [5, 5.41) is 7.61. The zero-order chi connectivity index (χ0) is 22.9. The molecule has 0 amide bonds. The molecular weight excluding hydrogens is 416 g/mol. The van der Waals surface area contributed by atoms with Crippen LogP contribution < -0.4 is 20.5 Å². The molecular formula is C26H24N4O3. The third kappa shape index (κ3) is 3.78. The number of carbonyl (C=O) groups is 1. The van der Waals surface area contributed by atoms with Crippen LogP contribution in [0.1, 0.15) is 17.3 Å². The van der Waals surface area contributed by atoms with E-state index in [1.807, 2.05) is 48.6 Å². The highest BCUT2D eigenvalue weighted by atomic mass is 16.5. The molecule has 2 aromatic carbocycles. The van der Waals surface area contributed by atoms with Crippen LogP contribution in [0.4, 0.5) is 5.82 Å². The Morgan fingerprint density at radius 2 is 1.97 bits per heavy atom. The average Bonchev–Trinajstić information content (AvgIpc) is 3.44. The first kappa shape index (κ1) is 20.6. The van der Waals surface area contributed by atoms with Gasteiger partial charge in [-0.1, -0.05) is 37.3 Å². The fourth-order valence-electron chi connectivity index (χ4n) is 4.12. The van der Waals surface area contributed by atoms with Gasteiger partial charge in [0.2, 0.25) is 5.78 Å². The summed E-state index contributed by atoms with van der Waals surface area (Å²) in [6, 6.07) is 14.8. The highest BCUT2D eigenvalue weighted by Crippen LogP contribution is 2.35.